The number of rotatable bonds is 3. The van der Waals surface area contributed by atoms with Gasteiger partial charge in [-0.2, -0.15) is 0 Å². The number of hydrogen-bond donors (Lipinski definition) is 1. The van der Waals surface area contributed by atoms with Crippen LogP contribution in [0.4, 0.5) is 4.79 Å². The van der Waals surface area contributed by atoms with E-state index in [9.17, 15) is 4.79 Å². The molecular weight excluding hydrogens is 142 g/mol. The molecule has 1 N–H and O–H groups in total. The van der Waals surface area contributed by atoms with Crippen molar-refractivity contribution in [3.05, 3.63) is 0 Å². The minimum atomic E-state index is -0.298. The molecule has 0 saturated heterocycles. The van der Waals surface area contributed by atoms with Gasteiger partial charge >= 0.3 is 6.09 Å². The Kier molecular flexibility index (Phi) is 2.74. The molecule has 0 aromatic carbocycles. The Morgan fingerprint density at radius 1 is 1.73 bits per heavy atom. The van der Waals surface area contributed by atoms with Gasteiger partial charge < -0.3 is 10.1 Å². The molecule has 0 spiro atoms. The Morgan fingerprint density at radius 2 is 2.45 bits per heavy atom. The monoisotopic (exact) mass is 157 g/mol. The summed E-state index contributed by atoms with van der Waals surface area (Å²) in [4.78, 5) is 10.7. The van der Waals surface area contributed by atoms with Crippen molar-refractivity contribution in [3.63, 3.8) is 0 Å². The summed E-state index contributed by atoms with van der Waals surface area (Å²) in [6, 6.07) is 0.391. The van der Waals surface area contributed by atoms with Crippen LogP contribution < -0.4 is 5.32 Å². The zero-order valence-electron chi connectivity index (χ0n) is 7.09. The number of carbonyl (C=O) groups is 1. The predicted octanol–water partition coefficient (Wildman–Crippen LogP) is 1.53. The van der Waals surface area contributed by atoms with Crippen molar-refractivity contribution in [2.45, 2.75) is 32.2 Å². The highest BCUT2D eigenvalue weighted by Gasteiger charge is 2.37. The quantitative estimate of drug-likeness (QED) is 0.674. The molecule has 2 unspecified atom stereocenters. The summed E-state index contributed by atoms with van der Waals surface area (Å²) in [5.74, 6) is 0.707. The molecule has 64 valence electrons. The van der Waals surface area contributed by atoms with E-state index in [1.807, 2.05) is 0 Å². The maximum Gasteiger partial charge on any atom is 0.407 e. The van der Waals surface area contributed by atoms with Crippen LogP contribution in [0.15, 0.2) is 0 Å². The number of alkyl carbamates (subject to hydrolysis) is 1. The molecule has 3 heteroatoms. The fourth-order valence-corrected chi connectivity index (χ4v) is 1.32. The number of carbonyl (C=O) groups excluding carboxylic acids is 1. The summed E-state index contributed by atoms with van der Waals surface area (Å²) in [7, 11) is 1.40. The zero-order chi connectivity index (χ0) is 8.27. The topological polar surface area (TPSA) is 38.3 Å². The van der Waals surface area contributed by atoms with Crippen molar-refractivity contribution in [2.75, 3.05) is 7.11 Å². The number of hydrogen-bond acceptors (Lipinski definition) is 2. The largest absolute Gasteiger partial charge is 0.453 e. The molecule has 0 bridgehead atoms. The third kappa shape index (κ3) is 2.41. The summed E-state index contributed by atoms with van der Waals surface area (Å²) in [6.07, 6.45) is 3.25. The van der Waals surface area contributed by atoms with E-state index in [0.29, 0.717) is 12.0 Å². The van der Waals surface area contributed by atoms with Gasteiger partial charge in [0.05, 0.1) is 7.11 Å². The molecule has 1 amide bonds. The maximum absolute atomic E-state index is 10.7. The summed E-state index contributed by atoms with van der Waals surface area (Å²) in [5, 5.41) is 2.78. The lowest BCUT2D eigenvalue weighted by Crippen LogP contribution is -2.26. The van der Waals surface area contributed by atoms with Gasteiger partial charge in [0.2, 0.25) is 0 Å². The Bertz CT molecular complexity index is 147. The van der Waals surface area contributed by atoms with Crippen molar-refractivity contribution in [1.82, 2.24) is 5.32 Å². The minimum Gasteiger partial charge on any atom is -0.453 e. The summed E-state index contributed by atoms with van der Waals surface area (Å²) in [5.41, 5.74) is 0. The Labute approximate surface area is 67.1 Å². The minimum absolute atomic E-state index is 0.298. The van der Waals surface area contributed by atoms with Crippen molar-refractivity contribution < 1.29 is 9.53 Å². The van der Waals surface area contributed by atoms with Crippen LogP contribution in [0.2, 0.25) is 0 Å². The molecule has 0 radical (unpaired) electrons. The van der Waals surface area contributed by atoms with Gasteiger partial charge in [0.25, 0.3) is 0 Å². The average Bonchev–Trinajstić information content (AvgIpc) is 2.69. The molecule has 1 saturated carbocycles. The lowest BCUT2D eigenvalue weighted by Gasteiger charge is -2.00. The third-order valence-corrected chi connectivity index (χ3v) is 2.07. The van der Waals surface area contributed by atoms with Crippen LogP contribution in [0.3, 0.4) is 0 Å². The predicted molar refractivity (Wildman–Crippen MR) is 42.3 cm³/mol. The first-order valence-electron chi connectivity index (χ1n) is 4.12. The summed E-state index contributed by atoms with van der Waals surface area (Å²) >= 11 is 0. The highest BCUT2D eigenvalue weighted by molar-refractivity contribution is 5.67. The molecule has 2 atom stereocenters. The van der Waals surface area contributed by atoms with Crippen molar-refractivity contribution in [3.8, 4) is 0 Å². The van der Waals surface area contributed by atoms with Crippen molar-refractivity contribution >= 4 is 6.09 Å². The molecule has 1 fully saturated rings. The van der Waals surface area contributed by atoms with Gasteiger partial charge in [0.15, 0.2) is 0 Å². The summed E-state index contributed by atoms with van der Waals surface area (Å²) in [6.45, 7) is 2.16. The van der Waals surface area contributed by atoms with E-state index in [0.717, 1.165) is 6.42 Å². The molecule has 0 heterocycles. The lowest BCUT2D eigenvalue weighted by molar-refractivity contribution is 0.170. The van der Waals surface area contributed by atoms with Gasteiger partial charge in [-0.25, -0.2) is 4.79 Å². The molecular formula is C8H15NO2. The summed E-state index contributed by atoms with van der Waals surface area (Å²) < 4.78 is 4.48. The molecule has 1 rings (SSSR count). The smallest absolute Gasteiger partial charge is 0.407 e. The Balaban J connectivity index is 2.08. The fraction of sp³-hybridized carbons (Fsp3) is 0.875. The molecule has 1 aliphatic rings. The van der Waals surface area contributed by atoms with Gasteiger partial charge in [0, 0.05) is 6.04 Å². The number of ether oxygens (including phenoxy) is 1. The molecule has 0 aromatic rings. The van der Waals surface area contributed by atoms with Gasteiger partial charge in [-0.1, -0.05) is 13.3 Å². The van der Waals surface area contributed by atoms with Crippen LogP contribution in [-0.4, -0.2) is 19.2 Å². The second-order valence-corrected chi connectivity index (χ2v) is 3.03. The molecule has 1 aliphatic carbocycles. The Morgan fingerprint density at radius 3 is 3.00 bits per heavy atom. The first-order valence-corrected chi connectivity index (χ1v) is 4.12. The second kappa shape index (κ2) is 3.60. The molecule has 0 aromatic heterocycles. The van der Waals surface area contributed by atoms with Crippen LogP contribution in [0.25, 0.3) is 0 Å². The second-order valence-electron chi connectivity index (χ2n) is 3.03. The zero-order valence-corrected chi connectivity index (χ0v) is 7.09. The van der Waals surface area contributed by atoms with E-state index >= 15 is 0 Å². The highest BCUT2D eigenvalue weighted by Crippen LogP contribution is 2.34. The van der Waals surface area contributed by atoms with E-state index in [1.165, 1.54) is 20.0 Å². The standard InChI is InChI=1S/C8H15NO2/c1-3-4-6-5-7(6)9-8(10)11-2/h6-7H,3-5H2,1-2H3,(H,9,10). The SMILES string of the molecule is CCCC1CC1NC(=O)OC. The first kappa shape index (κ1) is 8.37. The van der Waals surface area contributed by atoms with Gasteiger partial charge in [-0.05, 0) is 18.8 Å². The number of amides is 1. The maximum atomic E-state index is 10.7. The molecule has 0 aliphatic heterocycles. The van der Waals surface area contributed by atoms with Gasteiger partial charge in [0.1, 0.15) is 0 Å². The number of nitrogens with one attached hydrogen (secondary N) is 1. The van der Waals surface area contributed by atoms with Crippen molar-refractivity contribution in [2.24, 2.45) is 5.92 Å². The van der Waals surface area contributed by atoms with Crippen LogP contribution in [0.5, 0.6) is 0 Å². The third-order valence-electron chi connectivity index (χ3n) is 2.07. The molecule has 3 nitrogen and oxygen atoms in total. The van der Waals surface area contributed by atoms with E-state index in [2.05, 4.69) is 17.0 Å². The van der Waals surface area contributed by atoms with Gasteiger partial charge in [-0.3, -0.25) is 0 Å². The van der Waals surface area contributed by atoms with E-state index in [-0.39, 0.29) is 6.09 Å². The van der Waals surface area contributed by atoms with Crippen LogP contribution in [0, 0.1) is 5.92 Å². The van der Waals surface area contributed by atoms with Crippen LogP contribution in [-0.2, 0) is 4.74 Å². The van der Waals surface area contributed by atoms with Crippen molar-refractivity contribution in [1.29, 1.82) is 0 Å². The van der Waals surface area contributed by atoms with Crippen LogP contribution >= 0.6 is 0 Å². The lowest BCUT2D eigenvalue weighted by atomic mass is 10.2. The molecule has 11 heavy (non-hydrogen) atoms. The van der Waals surface area contributed by atoms with E-state index in [1.54, 1.807) is 0 Å². The van der Waals surface area contributed by atoms with Gasteiger partial charge in [-0.15, -0.1) is 0 Å². The van der Waals surface area contributed by atoms with E-state index < -0.39 is 0 Å². The highest BCUT2D eigenvalue weighted by atomic mass is 16.5. The van der Waals surface area contributed by atoms with Crippen LogP contribution in [0.1, 0.15) is 26.2 Å². The average molecular weight is 157 g/mol. The fourth-order valence-electron chi connectivity index (χ4n) is 1.32. The first-order chi connectivity index (χ1) is 5.27. The normalized spacial score (nSPS) is 27.8. The Hall–Kier alpha value is -0.730. The number of methoxy groups -OCH3 is 1. The van der Waals surface area contributed by atoms with E-state index in [4.69, 9.17) is 0 Å².